The fourth-order valence-corrected chi connectivity index (χ4v) is 11.3. The monoisotopic (exact) mass is 1170 g/mol. The Morgan fingerprint density at radius 3 is 0.580 bits per heavy atom. The number of ether oxygens (including phenoxy) is 2. The Morgan fingerprint density at radius 1 is 0.247 bits per heavy atom. The van der Waals surface area contributed by atoms with E-state index in [9.17, 15) is 29.4 Å². The SMILES string of the molecule is CCCCCCCCCCCCCCCCCC(=O)OC(CC)CCCCCCCCCCCCCCC(=O)[O-].CCCCCCCCCCCCCCCCCC(=O)OC(CC)CCCCCCCCCCCCCCC(=O)[O-].[Ca+2]. The van der Waals surface area contributed by atoms with E-state index in [1.54, 1.807) is 0 Å². The summed E-state index contributed by atoms with van der Waals surface area (Å²) in [6.07, 6.45) is 74.7. The van der Waals surface area contributed by atoms with Crippen LogP contribution in [-0.2, 0) is 28.7 Å². The molecule has 0 aromatic rings. The Balaban J connectivity index is -0.00000148. The van der Waals surface area contributed by atoms with Crippen LogP contribution in [0.3, 0.4) is 0 Å². The van der Waals surface area contributed by atoms with Gasteiger partial charge in [0.1, 0.15) is 12.2 Å². The predicted octanol–water partition coefficient (Wildman–Crippen LogP) is 21.2. The van der Waals surface area contributed by atoms with E-state index in [1.165, 1.54) is 270 Å². The van der Waals surface area contributed by atoms with Crippen molar-refractivity contribution in [2.24, 2.45) is 0 Å². The Kier molecular flexibility index (Phi) is 76.4. The molecule has 0 rings (SSSR count). The number of carbonyl (C=O) groups excluding carboxylic acids is 4. The number of unbranched alkanes of at least 4 members (excludes halogenated alkanes) is 50. The van der Waals surface area contributed by atoms with Gasteiger partial charge < -0.3 is 29.3 Å². The van der Waals surface area contributed by atoms with Crippen LogP contribution in [0.4, 0.5) is 0 Å². The summed E-state index contributed by atoms with van der Waals surface area (Å²) in [7, 11) is 0. The molecule has 0 aliphatic carbocycles. The average molecular weight is 1170 g/mol. The summed E-state index contributed by atoms with van der Waals surface area (Å²) in [5.41, 5.74) is 0. The largest absolute Gasteiger partial charge is 2.00 e. The van der Waals surface area contributed by atoms with E-state index in [1.807, 2.05) is 0 Å². The Bertz CT molecular complexity index is 1170. The van der Waals surface area contributed by atoms with Gasteiger partial charge in [-0.3, -0.25) is 9.59 Å². The molecule has 0 bridgehead atoms. The number of esters is 2. The third-order valence-corrected chi connectivity index (χ3v) is 16.8. The van der Waals surface area contributed by atoms with Crippen LogP contribution in [0.5, 0.6) is 0 Å². The van der Waals surface area contributed by atoms with Gasteiger partial charge in [0.25, 0.3) is 0 Å². The molecule has 0 fully saturated rings. The second kappa shape index (κ2) is 73.4. The molecule has 81 heavy (non-hydrogen) atoms. The molecule has 0 heterocycles. The number of hydrogen-bond donors (Lipinski definition) is 0. The number of carbonyl (C=O) groups is 4. The maximum absolute atomic E-state index is 12.3. The van der Waals surface area contributed by atoms with E-state index in [0.717, 1.165) is 103 Å². The van der Waals surface area contributed by atoms with Crippen molar-refractivity contribution in [2.75, 3.05) is 0 Å². The first-order valence-corrected chi connectivity index (χ1v) is 36.0. The summed E-state index contributed by atoms with van der Waals surface area (Å²) < 4.78 is 11.5. The maximum atomic E-state index is 12.3. The Hall–Kier alpha value is -0.860. The topological polar surface area (TPSA) is 133 Å². The van der Waals surface area contributed by atoms with E-state index >= 15 is 0 Å². The fourth-order valence-electron chi connectivity index (χ4n) is 11.3. The van der Waals surface area contributed by atoms with Gasteiger partial charge in [-0.2, -0.15) is 0 Å². The standard InChI is InChI=1S/2C36H70O4.Ca/c2*1-3-5-6-7-8-9-10-11-12-13-18-21-24-27-30-33-36(39)40-34(4-2)31-28-25-22-19-16-14-15-17-20-23-26-29-32-35(37)38;/h2*34H,3-33H2,1-2H3,(H,37,38);/q;;+2/p-2. The van der Waals surface area contributed by atoms with Crippen LogP contribution in [0.15, 0.2) is 0 Å². The van der Waals surface area contributed by atoms with Gasteiger partial charge in [0.05, 0.1) is 0 Å². The van der Waals surface area contributed by atoms with E-state index in [0.29, 0.717) is 12.8 Å². The van der Waals surface area contributed by atoms with Crippen molar-refractivity contribution in [3.63, 3.8) is 0 Å². The van der Waals surface area contributed by atoms with E-state index in [2.05, 4.69) is 27.7 Å². The van der Waals surface area contributed by atoms with Gasteiger partial charge in [0, 0.05) is 24.8 Å². The minimum Gasteiger partial charge on any atom is -0.550 e. The van der Waals surface area contributed by atoms with E-state index in [4.69, 9.17) is 9.47 Å². The molecule has 0 aromatic carbocycles. The molecule has 476 valence electrons. The molecular weight excluding hydrogens is 1030 g/mol. The number of hydrogen-bond acceptors (Lipinski definition) is 8. The second-order valence-electron chi connectivity index (χ2n) is 24.7. The average Bonchev–Trinajstić information content (AvgIpc) is 3.44. The quantitative estimate of drug-likeness (QED) is 0.0334. The van der Waals surface area contributed by atoms with E-state index in [-0.39, 0.29) is 74.7 Å². The molecule has 0 aliphatic rings. The van der Waals surface area contributed by atoms with Crippen LogP contribution in [-0.4, -0.2) is 73.8 Å². The van der Waals surface area contributed by atoms with Crippen LogP contribution in [0.2, 0.25) is 0 Å². The zero-order valence-electron chi connectivity index (χ0n) is 55.0. The van der Waals surface area contributed by atoms with Crippen molar-refractivity contribution in [3.05, 3.63) is 0 Å². The molecule has 0 saturated heterocycles. The van der Waals surface area contributed by atoms with Crippen LogP contribution in [0, 0.1) is 0 Å². The van der Waals surface area contributed by atoms with E-state index < -0.39 is 11.9 Å². The number of aliphatic carboxylic acids is 2. The third kappa shape index (κ3) is 75.2. The van der Waals surface area contributed by atoms with Gasteiger partial charge in [-0.15, -0.1) is 0 Å². The van der Waals surface area contributed by atoms with Crippen LogP contribution in [0.25, 0.3) is 0 Å². The van der Waals surface area contributed by atoms with Crippen molar-refractivity contribution in [3.8, 4) is 0 Å². The normalized spacial score (nSPS) is 11.9. The van der Waals surface area contributed by atoms with Gasteiger partial charge in [-0.05, 0) is 77.0 Å². The molecular formula is C72H138CaO8. The molecule has 2 unspecified atom stereocenters. The molecule has 8 nitrogen and oxygen atoms in total. The molecule has 9 heteroatoms. The first-order chi connectivity index (χ1) is 39.2. The van der Waals surface area contributed by atoms with Crippen LogP contribution in [0.1, 0.15) is 426 Å². The van der Waals surface area contributed by atoms with Crippen molar-refractivity contribution in [1.82, 2.24) is 0 Å². The zero-order chi connectivity index (χ0) is 58.7. The van der Waals surface area contributed by atoms with Crippen molar-refractivity contribution < 1.29 is 38.9 Å². The molecule has 0 aliphatic heterocycles. The van der Waals surface area contributed by atoms with Crippen LogP contribution < -0.4 is 10.2 Å². The summed E-state index contributed by atoms with van der Waals surface area (Å²) in [4.78, 5) is 45.3. The number of rotatable bonds is 66. The molecule has 2 atom stereocenters. The number of carboxylic acid groups (broad SMARTS) is 2. The van der Waals surface area contributed by atoms with Gasteiger partial charge in [-0.25, -0.2) is 0 Å². The van der Waals surface area contributed by atoms with Crippen LogP contribution >= 0.6 is 0 Å². The Morgan fingerprint density at radius 2 is 0.407 bits per heavy atom. The summed E-state index contributed by atoms with van der Waals surface area (Å²) in [5.74, 6) is -1.81. The minimum atomic E-state index is -0.920. The minimum absolute atomic E-state index is 0. The van der Waals surface area contributed by atoms with Crippen molar-refractivity contribution in [1.29, 1.82) is 0 Å². The van der Waals surface area contributed by atoms with Gasteiger partial charge >= 0.3 is 49.7 Å². The molecule has 0 N–H and O–H groups in total. The molecule has 0 saturated carbocycles. The summed E-state index contributed by atoms with van der Waals surface area (Å²) in [6.45, 7) is 8.83. The summed E-state index contributed by atoms with van der Waals surface area (Å²) in [6, 6.07) is 0. The summed E-state index contributed by atoms with van der Waals surface area (Å²) >= 11 is 0. The fraction of sp³-hybridized carbons (Fsp3) is 0.944. The van der Waals surface area contributed by atoms with Gasteiger partial charge in [0.15, 0.2) is 0 Å². The van der Waals surface area contributed by atoms with Crippen molar-refractivity contribution >= 4 is 61.6 Å². The smallest absolute Gasteiger partial charge is 0.550 e. The first-order valence-electron chi connectivity index (χ1n) is 36.0. The van der Waals surface area contributed by atoms with Gasteiger partial charge in [-0.1, -0.05) is 336 Å². The molecule has 0 aromatic heterocycles. The summed E-state index contributed by atoms with van der Waals surface area (Å²) in [5, 5.41) is 20.8. The van der Waals surface area contributed by atoms with Gasteiger partial charge in [0.2, 0.25) is 0 Å². The third-order valence-electron chi connectivity index (χ3n) is 16.8. The maximum Gasteiger partial charge on any atom is 2.00 e. The molecule has 0 spiro atoms. The zero-order valence-corrected chi connectivity index (χ0v) is 57.2. The number of carboxylic acids is 2. The first kappa shape index (κ1) is 84.3. The molecule has 0 amide bonds. The second-order valence-corrected chi connectivity index (χ2v) is 24.7. The predicted molar refractivity (Wildman–Crippen MR) is 344 cm³/mol. The van der Waals surface area contributed by atoms with Crippen molar-refractivity contribution in [2.45, 2.75) is 438 Å². The Labute approximate surface area is 534 Å². The molecule has 0 radical (unpaired) electrons.